The van der Waals surface area contributed by atoms with Crippen molar-refractivity contribution in [1.82, 2.24) is 4.90 Å². The van der Waals surface area contributed by atoms with Gasteiger partial charge in [-0.3, -0.25) is 4.79 Å². The lowest BCUT2D eigenvalue weighted by Crippen LogP contribution is -2.29. The number of sulfone groups is 1. The van der Waals surface area contributed by atoms with Gasteiger partial charge >= 0.3 is 0 Å². The molecule has 0 bridgehead atoms. The van der Waals surface area contributed by atoms with Gasteiger partial charge in [0, 0.05) is 25.4 Å². The van der Waals surface area contributed by atoms with Crippen molar-refractivity contribution < 1.29 is 13.2 Å². The Kier molecular flexibility index (Phi) is 5.62. The number of carbonyl (C=O) groups excluding carboxylic acids is 1. The molecule has 4 nitrogen and oxygen atoms in total. The number of hydrogen-bond acceptors (Lipinski definition) is 3. The maximum atomic E-state index is 12.4. The highest BCUT2D eigenvalue weighted by Gasteiger charge is 2.17. The van der Waals surface area contributed by atoms with Gasteiger partial charge in [-0.25, -0.2) is 8.42 Å². The van der Waals surface area contributed by atoms with Crippen molar-refractivity contribution >= 4 is 15.7 Å². The first-order valence-electron chi connectivity index (χ1n) is 7.93. The molecule has 0 heterocycles. The van der Waals surface area contributed by atoms with Crippen LogP contribution in [-0.4, -0.2) is 39.1 Å². The Balaban J connectivity index is 1.92. The maximum Gasteiger partial charge on any atom is 0.253 e. The Morgan fingerprint density at radius 1 is 1.14 bits per heavy atom. The van der Waals surface area contributed by atoms with Gasteiger partial charge in [0.25, 0.3) is 5.91 Å². The average Bonchev–Trinajstić information content (AvgIpc) is 2.52. The summed E-state index contributed by atoms with van der Waals surface area (Å²) in [5.41, 5.74) is 0.540. The van der Waals surface area contributed by atoms with Crippen molar-refractivity contribution in [1.29, 1.82) is 0 Å². The van der Waals surface area contributed by atoms with Gasteiger partial charge in [0.15, 0.2) is 9.84 Å². The van der Waals surface area contributed by atoms with Crippen molar-refractivity contribution in [3.63, 3.8) is 0 Å². The second-order valence-corrected chi connectivity index (χ2v) is 8.33. The lowest BCUT2D eigenvalue weighted by Gasteiger charge is -2.24. The molecule has 22 heavy (non-hydrogen) atoms. The quantitative estimate of drug-likeness (QED) is 0.836. The monoisotopic (exact) mass is 323 g/mol. The summed E-state index contributed by atoms with van der Waals surface area (Å²) in [5, 5.41) is 0. The molecule has 0 atom stereocenters. The number of benzene rings is 1. The number of nitrogens with zero attached hydrogens (tertiary/aromatic N) is 1. The molecule has 1 aromatic carbocycles. The molecule has 1 aromatic rings. The minimum atomic E-state index is -3.22. The largest absolute Gasteiger partial charge is 0.342 e. The number of rotatable bonds is 5. The van der Waals surface area contributed by atoms with E-state index >= 15 is 0 Å². The molecule has 5 heteroatoms. The second kappa shape index (κ2) is 7.27. The lowest BCUT2D eigenvalue weighted by atomic mass is 9.87. The van der Waals surface area contributed by atoms with E-state index in [1.165, 1.54) is 50.5 Å². The molecular formula is C17H25NO3S. The number of hydrogen-bond donors (Lipinski definition) is 0. The first kappa shape index (κ1) is 17.0. The van der Waals surface area contributed by atoms with Crippen LogP contribution in [0.1, 0.15) is 48.9 Å². The van der Waals surface area contributed by atoms with Crippen LogP contribution in [0.25, 0.3) is 0 Å². The summed E-state index contributed by atoms with van der Waals surface area (Å²) in [5.74, 6) is 0.701. The molecule has 0 aromatic heterocycles. The topological polar surface area (TPSA) is 54.5 Å². The molecule has 1 saturated carbocycles. The summed E-state index contributed by atoms with van der Waals surface area (Å²) in [7, 11) is -1.40. The minimum absolute atomic E-state index is 0.0455. The van der Waals surface area contributed by atoms with Gasteiger partial charge in [-0.15, -0.1) is 0 Å². The molecule has 1 aliphatic carbocycles. The van der Waals surface area contributed by atoms with E-state index in [1.807, 2.05) is 7.05 Å². The van der Waals surface area contributed by atoms with Gasteiger partial charge in [0.05, 0.1) is 4.90 Å². The van der Waals surface area contributed by atoms with Crippen LogP contribution in [0.4, 0.5) is 0 Å². The van der Waals surface area contributed by atoms with Gasteiger partial charge in [0.1, 0.15) is 0 Å². The van der Waals surface area contributed by atoms with E-state index in [4.69, 9.17) is 0 Å². The zero-order valence-electron chi connectivity index (χ0n) is 13.4. The van der Waals surface area contributed by atoms with Crippen LogP contribution in [-0.2, 0) is 9.84 Å². The first-order valence-corrected chi connectivity index (χ1v) is 9.82. The molecule has 0 aliphatic heterocycles. The predicted octanol–water partition coefficient (Wildman–Crippen LogP) is 3.13. The highest BCUT2D eigenvalue weighted by molar-refractivity contribution is 7.90. The van der Waals surface area contributed by atoms with Crippen LogP contribution < -0.4 is 0 Å². The molecule has 1 fully saturated rings. The standard InChI is InChI=1S/C17H25NO3S/c1-18(13-12-14-6-4-3-5-7-14)17(19)15-8-10-16(11-9-15)22(2,20)21/h8-11,14H,3-7,12-13H2,1-2H3. The maximum absolute atomic E-state index is 12.4. The molecule has 0 radical (unpaired) electrons. The van der Waals surface area contributed by atoms with E-state index in [-0.39, 0.29) is 10.8 Å². The second-order valence-electron chi connectivity index (χ2n) is 6.32. The van der Waals surface area contributed by atoms with Crippen molar-refractivity contribution in [3.05, 3.63) is 29.8 Å². The normalized spacial score (nSPS) is 16.5. The highest BCUT2D eigenvalue weighted by atomic mass is 32.2. The van der Waals surface area contributed by atoms with E-state index in [2.05, 4.69) is 0 Å². The van der Waals surface area contributed by atoms with E-state index < -0.39 is 9.84 Å². The third-order valence-electron chi connectivity index (χ3n) is 4.47. The van der Waals surface area contributed by atoms with Gasteiger partial charge < -0.3 is 4.90 Å². The van der Waals surface area contributed by atoms with Crippen LogP contribution in [0, 0.1) is 5.92 Å². The predicted molar refractivity (Wildman–Crippen MR) is 87.7 cm³/mol. The fraction of sp³-hybridized carbons (Fsp3) is 0.588. The Labute approximate surface area is 133 Å². The van der Waals surface area contributed by atoms with E-state index in [0.29, 0.717) is 5.56 Å². The van der Waals surface area contributed by atoms with Crippen molar-refractivity contribution in [2.24, 2.45) is 5.92 Å². The van der Waals surface area contributed by atoms with Crippen LogP contribution in [0.3, 0.4) is 0 Å². The first-order chi connectivity index (χ1) is 10.4. The summed E-state index contributed by atoms with van der Waals surface area (Å²) in [6.45, 7) is 0.761. The van der Waals surface area contributed by atoms with E-state index in [9.17, 15) is 13.2 Å². The lowest BCUT2D eigenvalue weighted by molar-refractivity contribution is 0.0783. The van der Waals surface area contributed by atoms with Crippen molar-refractivity contribution in [3.8, 4) is 0 Å². The fourth-order valence-corrected chi connectivity index (χ4v) is 3.65. The Hall–Kier alpha value is -1.36. The average molecular weight is 323 g/mol. The molecule has 0 spiro atoms. The third-order valence-corrected chi connectivity index (χ3v) is 5.60. The van der Waals surface area contributed by atoms with Crippen LogP contribution >= 0.6 is 0 Å². The smallest absolute Gasteiger partial charge is 0.253 e. The van der Waals surface area contributed by atoms with Gasteiger partial charge in [-0.1, -0.05) is 32.1 Å². The summed E-state index contributed by atoms with van der Waals surface area (Å²) >= 11 is 0. The molecule has 2 rings (SSSR count). The molecule has 1 amide bonds. The fourth-order valence-electron chi connectivity index (χ4n) is 3.02. The summed E-state index contributed by atoms with van der Waals surface area (Å²) < 4.78 is 22.9. The summed E-state index contributed by atoms with van der Waals surface area (Å²) in [4.78, 5) is 14.3. The molecule has 0 unspecified atom stereocenters. The molecular weight excluding hydrogens is 298 g/mol. The minimum Gasteiger partial charge on any atom is -0.342 e. The van der Waals surface area contributed by atoms with Crippen LogP contribution in [0.15, 0.2) is 29.2 Å². The summed E-state index contributed by atoms with van der Waals surface area (Å²) in [6, 6.07) is 6.18. The highest BCUT2D eigenvalue weighted by Crippen LogP contribution is 2.26. The zero-order valence-corrected chi connectivity index (χ0v) is 14.2. The zero-order chi connectivity index (χ0) is 16.2. The number of carbonyl (C=O) groups is 1. The van der Waals surface area contributed by atoms with Crippen LogP contribution in [0.2, 0.25) is 0 Å². The molecule has 0 N–H and O–H groups in total. The summed E-state index contributed by atoms with van der Waals surface area (Å²) in [6.07, 6.45) is 8.77. The molecule has 1 aliphatic rings. The third kappa shape index (κ3) is 4.57. The Morgan fingerprint density at radius 2 is 1.73 bits per heavy atom. The molecule has 122 valence electrons. The Morgan fingerprint density at radius 3 is 2.27 bits per heavy atom. The SMILES string of the molecule is CN(CCC1CCCCC1)C(=O)c1ccc(S(C)(=O)=O)cc1. The van der Waals surface area contributed by atoms with E-state index in [0.717, 1.165) is 18.9 Å². The van der Waals surface area contributed by atoms with Gasteiger partial charge in [0.2, 0.25) is 0 Å². The van der Waals surface area contributed by atoms with E-state index in [1.54, 1.807) is 17.0 Å². The van der Waals surface area contributed by atoms with Gasteiger partial charge in [-0.05, 0) is 36.6 Å². The van der Waals surface area contributed by atoms with Gasteiger partial charge in [-0.2, -0.15) is 0 Å². The number of amides is 1. The van der Waals surface area contributed by atoms with Crippen LogP contribution in [0.5, 0.6) is 0 Å². The van der Waals surface area contributed by atoms with Crippen molar-refractivity contribution in [2.75, 3.05) is 19.8 Å². The molecule has 0 saturated heterocycles. The Bertz CT molecular complexity index is 601. The van der Waals surface area contributed by atoms with Crippen molar-refractivity contribution in [2.45, 2.75) is 43.4 Å².